The van der Waals surface area contributed by atoms with Crippen molar-refractivity contribution < 1.29 is 0 Å². The van der Waals surface area contributed by atoms with Gasteiger partial charge in [-0.05, 0) is 30.4 Å². The van der Waals surface area contributed by atoms with Crippen molar-refractivity contribution in [2.45, 2.75) is 46.6 Å². The van der Waals surface area contributed by atoms with Gasteiger partial charge in [-0.15, -0.1) is 0 Å². The lowest BCUT2D eigenvalue weighted by atomic mass is 9.90. The Kier molecular flexibility index (Phi) is 5.54. The Hall–Kier alpha value is -0.820. The third-order valence-electron chi connectivity index (χ3n) is 2.70. The van der Waals surface area contributed by atoms with E-state index in [-0.39, 0.29) is 0 Å². The van der Waals surface area contributed by atoms with Crippen molar-refractivity contribution in [3.63, 3.8) is 0 Å². The summed E-state index contributed by atoms with van der Waals surface area (Å²) in [5.74, 6) is 0. The molecule has 1 aromatic rings. The summed E-state index contributed by atoms with van der Waals surface area (Å²) in [4.78, 5) is 0. The molecule has 0 aliphatic heterocycles. The molecular weight excluding hydrogens is 194 g/mol. The highest BCUT2D eigenvalue weighted by molar-refractivity contribution is 5.14. The van der Waals surface area contributed by atoms with E-state index in [1.54, 1.807) is 0 Å². The van der Waals surface area contributed by atoms with Crippen molar-refractivity contribution in [1.29, 1.82) is 0 Å². The van der Waals surface area contributed by atoms with E-state index in [9.17, 15) is 0 Å². The molecule has 0 atom stereocenters. The third kappa shape index (κ3) is 6.62. The molecule has 16 heavy (non-hydrogen) atoms. The van der Waals surface area contributed by atoms with Crippen LogP contribution < -0.4 is 5.32 Å². The molecule has 0 bridgehead atoms. The Morgan fingerprint density at radius 2 is 1.69 bits per heavy atom. The standard InChI is InChI=1S/C15H25N/c1-15(2,3)11-7-8-12-16-13-14-9-5-4-6-10-14/h4-6,9-10,16H,7-8,11-13H2,1-3H3. The maximum Gasteiger partial charge on any atom is 0.0205 e. The summed E-state index contributed by atoms with van der Waals surface area (Å²) in [6, 6.07) is 10.6. The Labute approximate surface area is 100 Å². The minimum Gasteiger partial charge on any atom is -0.313 e. The zero-order chi connectivity index (χ0) is 11.9. The van der Waals surface area contributed by atoms with Crippen molar-refractivity contribution in [3.8, 4) is 0 Å². The summed E-state index contributed by atoms with van der Waals surface area (Å²) < 4.78 is 0. The lowest BCUT2D eigenvalue weighted by Crippen LogP contribution is -2.15. The maximum absolute atomic E-state index is 3.49. The Bertz CT molecular complexity index is 271. The smallest absolute Gasteiger partial charge is 0.0205 e. The summed E-state index contributed by atoms with van der Waals surface area (Å²) in [6.07, 6.45) is 3.93. The predicted molar refractivity (Wildman–Crippen MR) is 71.5 cm³/mol. The molecule has 90 valence electrons. The van der Waals surface area contributed by atoms with Crippen molar-refractivity contribution in [1.82, 2.24) is 5.32 Å². The summed E-state index contributed by atoms with van der Waals surface area (Å²) in [7, 11) is 0. The van der Waals surface area contributed by atoms with E-state index >= 15 is 0 Å². The van der Waals surface area contributed by atoms with Gasteiger partial charge in [-0.2, -0.15) is 0 Å². The van der Waals surface area contributed by atoms with Crippen LogP contribution in [0.15, 0.2) is 30.3 Å². The van der Waals surface area contributed by atoms with Gasteiger partial charge < -0.3 is 5.32 Å². The van der Waals surface area contributed by atoms with Crippen LogP contribution in [0.3, 0.4) is 0 Å². The molecular formula is C15H25N. The fourth-order valence-electron chi connectivity index (χ4n) is 1.73. The molecule has 0 saturated heterocycles. The van der Waals surface area contributed by atoms with Gasteiger partial charge in [0.1, 0.15) is 0 Å². The van der Waals surface area contributed by atoms with E-state index in [1.165, 1.54) is 24.8 Å². The SMILES string of the molecule is CC(C)(C)CCCCNCc1ccccc1. The minimum absolute atomic E-state index is 0.486. The second-order valence-corrected chi connectivity index (χ2v) is 5.68. The molecule has 0 heterocycles. The number of rotatable bonds is 6. The molecule has 1 nitrogen and oxygen atoms in total. The van der Waals surface area contributed by atoms with Crippen LogP contribution in [0.25, 0.3) is 0 Å². The topological polar surface area (TPSA) is 12.0 Å². The van der Waals surface area contributed by atoms with Gasteiger partial charge in [0.05, 0.1) is 0 Å². The van der Waals surface area contributed by atoms with E-state index in [0.29, 0.717) is 5.41 Å². The first-order valence-electron chi connectivity index (χ1n) is 6.32. The summed E-state index contributed by atoms with van der Waals surface area (Å²) in [5, 5.41) is 3.49. The van der Waals surface area contributed by atoms with E-state index in [4.69, 9.17) is 0 Å². The van der Waals surface area contributed by atoms with Gasteiger partial charge in [-0.3, -0.25) is 0 Å². The average Bonchev–Trinajstić information content (AvgIpc) is 2.23. The van der Waals surface area contributed by atoms with Gasteiger partial charge in [0, 0.05) is 6.54 Å². The Morgan fingerprint density at radius 3 is 2.31 bits per heavy atom. The highest BCUT2D eigenvalue weighted by Gasteiger charge is 2.08. The van der Waals surface area contributed by atoms with Crippen LogP contribution in [0.4, 0.5) is 0 Å². The highest BCUT2D eigenvalue weighted by Crippen LogP contribution is 2.21. The fraction of sp³-hybridized carbons (Fsp3) is 0.600. The summed E-state index contributed by atoms with van der Waals surface area (Å²) >= 11 is 0. The average molecular weight is 219 g/mol. The van der Waals surface area contributed by atoms with Crippen molar-refractivity contribution >= 4 is 0 Å². The molecule has 0 unspecified atom stereocenters. The molecule has 0 spiro atoms. The van der Waals surface area contributed by atoms with E-state index in [1.807, 2.05) is 0 Å². The van der Waals surface area contributed by atoms with Gasteiger partial charge >= 0.3 is 0 Å². The first-order chi connectivity index (χ1) is 7.58. The van der Waals surface area contributed by atoms with E-state index in [0.717, 1.165) is 13.1 Å². The molecule has 0 amide bonds. The molecule has 0 fully saturated rings. The fourth-order valence-corrected chi connectivity index (χ4v) is 1.73. The van der Waals surface area contributed by atoms with Crippen LogP contribution in [0.2, 0.25) is 0 Å². The van der Waals surface area contributed by atoms with Crippen LogP contribution in [-0.2, 0) is 6.54 Å². The molecule has 0 aromatic heterocycles. The van der Waals surface area contributed by atoms with Gasteiger partial charge in [0.2, 0.25) is 0 Å². The van der Waals surface area contributed by atoms with Gasteiger partial charge in [-0.25, -0.2) is 0 Å². The van der Waals surface area contributed by atoms with Crippen LogP contribution >= 0.6 is 0 Å². The summed E-state index contributed by atoms with van der Waals surface area (Å²) in [5.41, 5.74) is 1.86. The zero-order valence-electron chi connectivity index (χ0n) is 10.9. The molecule has 1 rings (SSSR count). The molecule has 0 saturated carbocycles. The van der Waals surface area contributed by atoms with E-state index < -0.39 is 0 Å². The number of hydrogen-bond acceptors (Lipinski definition) is 1. The van der Waals surface area contributed by atoms with E-state index in [2.05, 4.69) is 56.4 Å². The lowest BCUT2D eigenvalue weighted by Gasteiger charge is -2.17. The predicted octanol–water partition coefficient (Wildman–Crippen LogP) is 3.99. The van der Waals surface area contributed by atoms with Crippen LogP contribution in [0.5, 0.6) is 0 Å². The molecule has 1 aromatic carbocycles. The zero-order valence-corrected chi connectivity index (χ0v) is 10.9. The largest absolute Gasteiger partial charge is 0.313 e. The van der Waals surface area contributed by atoms with Gasteiger partial charge in [-0.1, -0.05) is 57.5 Å². The van der Waals surface area contributed by atoms with Crippen LogP contribution in [0.1, 0.15) is 45.6 Å². The first kappa shape index (κ1) is 13.2. The maximum atomic E-state index is 3.49. The second-order valence-electron chi connectivity index (χ2n) is 5.68. The number of hydrogen-bond donors (Lipinski definition) is 1. The highest BCUT2D eigenvalue weighted by atomic mass is 14.8. The third-order valence-corrected chi connectivity index (χ3v) is 2.70. The quantitative estimate of drug-likeness (QED) is 0.713. The Balaban J connectivity index is 2.01. The number of unbranched alkanes of at least 4 members (excludes halogenated alkanes) is 1. The second kappa shape index (κ2) is 6.70. The van der Waals surface area contributed by atoms with Gasteiger partial charge in [0.15, 0.2) is 0 Å². The first-order valence-corrected chi connectivity index (χ1v) is 6.32. The van der Waals surface area contributed by atoms with Crippen molar-refractivity contribution in [2.75, 3.05) is 6.54 Å². The molecule has 0 aliphatic rings. The molecule has 0 radical (unpaired) electrons. The van der Waals surface area contributed by atoms with Crippen molar-refractivity contribution in [2.24, 2.45) is 5.41 Å². The molecule has 0 aliphatic carbocycles. The monoisotopic (exact) mass is 219 g/mol. The number of benzene rings is 1. The molecule has 1 heteroatoms. The summed E-state index contributed by atoms with van der Waals surface area (Å²) in [6.45, 7) is 9.06. The van der Waals surface area contributed by atoms with Crippen LogP contribution in [0, 0.1) is 5.41 Å². The molecule has 1 N–H and O–H groups in total. The normalized spacial score (nSPS) is 11.7. The van der Waals surface area contributed by atoms with Crippen LogP contribution in [-0.4, -0.2) is 6.54 Å². The van der Waals surface area contributed by atoms with Gasteiger partial charge in [0.25, 0.3) is 0 Å². The number of nitrogens with one attached hydrogen (secondary N) is 1. The lowest BCUT2D eigenvalue weighted by molar-refractivity contribution is 0.358. The van der Waals surface area contributed by atoms with Crippen molar-refractivity contribution in [3.05, 3.63) is 35.9 Å². The Morgan fingerprint density at radius 1 is 1.00 bits per heavy atom. The minimum atomic E-state index is 0.486.